The molecule has 4 heteroatoms. The van der Waals surface area contributed by atoms with Gasteiger partial charge in [0.25, 0.3) is 0 Å². The third kappa shape index (κ3) is 2.19. The summed E-state index contributed by atoms with van der Waals surface area (Å²) in [5.41, 5.74) is 1.25. The minimum atomic E-state index is -1.42. The fourth-order valence-electron chi connectivity index (χ4n) is 0.832. The van der Waals surface area contributed by atoms with Crippen LogP contribution in [0, 0.1) is 6.92 Å². The lowest BCUT2D eigenvalue weighted by Gasteiger charge is -2.11. The monoisotopic (exact) mass is 224 g/mol. The maximum absolute atomic E-state index is 9.18. The minimum Gasteiger partial charge on any atom is -0.508 e. The molecule has 0 aromatic heterocycles. The molecular weight excluding hydrogens is 218 g/mol. The van der Waals surface area contributed by atoms with Crippen molar-refractivity contribution in [1.29, 1.82) is 0 Å². The quantitative estimate of drug-likeness (QED) is 0.670. The molecule has 0 heterocycles. The van der Waals surface area contributed by atoms with Crippen LogP contribution in [-0.4, -0.2) is 5.11 Å². The molecule has 0 unspecified atom stereocenters. The van der Waals surface area contributed by atoms with Gasteiger partial charge >= 0.3 is 0 Å². The summed E-state index contributed by atoms with van der Waals surface area (Å²) >= 11 is 16.9. The van der Waals surface area contributed by atoms with Crippen molar-refractivity contribution in [3.05, 3.63) is 29.3 Å². The normalized spacial score (nSPS) is 11.7. The first-order valence-corrected chi connectivity index (χ1v) is 4.41. The summed E-state index contributed by atoms with van der Waals surface area (Å²) in [5.74, 6) is 0.202. The smallest absolute Gasteiger partial charge is 0.216 e. The Balaban J connectivity index is 3.14. The molecular formula is C8H7Cl3O. The molecule has 66 valence electrons. The minimum absolute atomic E-state index is 0.202. The Kier molecular flexibility index (Phi) is 2.77. The zero-order chi connectivity index (χ0) is 9.35. The molecule has 0 saturated heterocycles. The maximum atomic E-state index is 9.18. The van der Waals surface area contributed by atoms with Gasteiger partial charge in [-0.25, -0.2) is 0 Å². The van der Waals surface area contributed by atoms with Crippen molar-refractivity contribution in [2.45, 2.75) is 10.7 Å². The first-order valence-electron chi connectivity index (χ1n) is 3.28. The molecule has 0 saturated carbocycles. The van der Waals surface area contributed by atoms with Crippen molar-refractivity contribution < 1.29 is 5.11 Å². The number of aromatic hydroxyl groups is 1. The predicted octanol–water partition coefficient (Wildman–Crippen LogP) is 3.53. The zero-order valence-corrected chi connectivity index (χ0v) is 8.58. The van der Waals surface area contributed by atoms with Crippen LogP contribution in [0.15, 0.2) is 18.2 Å². The van der Waals surface area contributed by atoms with Gasteiger partial charge in [0.1, 0.15) is 5.75 Å². The first-order chi connectivity index (χ1) is 5.41. The number of benzene rings is 1. The molecule has 0 fully saturated rings. The van der Waals surface area contributed by atoms with E-state index in [1.54, 1.807) is 19.1 Å². The van der Waals surface area contributed by atoms with Crippen LogP contribution in [0.2, 0.25) is 0 Å². The van der Waals surface area contributed by atoms with E-state index in [4.69, 9.17) is 34.8 Å². The Morgan fingerprint density at radius 3 is 2.25 bits per heavy atom. The van der Waals surface area contributed by atoms with E-state index >= 15 is 0 Å². The number of hydrogen-bond donors (Lipinski definition) is 1. The maximum Gasteiger partial charge on any atom is 0.216 e. The highest BCUT2D eigenvalue weighted by atomic mass is 35.6. The van der Waals surface area contributed by atoms with Gasteiger partial charge in [0.2, 0.25) is 3.79 Å². The molecule has 1 N–H and O–H groups in total. The van der Waals surface area contributed by atoms with Crippen LogP contribution in [0.5, 0.6) is 5.75 Å². The number of halogens is 3. The van der Waals surface area contributed by atoms with Crippen LogP contribution in [0.4, 0.5) is 0 Å². The summed E-state index contributed by atoms with van der Waals surface area (Å²) in [7, 11) is 0. The van der Waals surface area contributed by atoms with E-state index in [-0.39, 0.29) is 5.75 Å². The van der Waals surface area contributed by atoms with E-state index in [1.807, 2.05) is 0 Å². The van der Waals surface area contributed by atoms with E-state index in [9.17, 15) is 5.11 Å². The molecule has 0 spiro atoms. The summed E-state index contributed by atoms with van der Waals surface area (Å²) in [6.45, 7) is 1.75. The summed E-state index contributed by atoms with van der Waals surface area (Å²) in [6.07, 6.45) is 0. The summed E-state index contributed by atoms with van der Waals surface area (Å²) in [4.78, 5) is 0. The average Bonchev–Trinajstić information content (AvgIpc) is 1.92. The van der Waals surface area contributed by atoms with Gasteiger partial charge in [-0.05, 0) is 24.6 Å². The Hall–Kier alpha value is -0.110. The average molecular weight is 226 g/mol. The lowest BCUT2D eigenvalue weighted by molar-refractivity contribution is 0.471. The van der Waals surface area contributed by atoms with Crippen LogP contribution in [-0.2, 0) is 3.79 Å². The van der Waals surface area contributed by atoms with Crippen LogP contribution in [0.25, 0.3) is 0 Å². The Morgan fingerprint density at radius 2 is 1.83 bits per heavy atom. The van der Waals surface area contributed by atoms with Crippen molar-refractivity contribution in [3.8, 4) is 5.75 Å². The molecule has 0 radical (unpaired) electrons. The second-order valence-corrected chi connectivity index (χ2v) is 4.78. The van der Waals surface area contributed by atoms with Crippen LogP contribution < -0.4 is 0 Å². The van der Waals surface area contributed by atoms with Gasteiger partial charge in [-0.3, -0.25) is 0 Å². The van der Waals surface area contributed by atoms with E-state index in [0.29, 0.717) is 11.1 Å². The fourth-order valence-corrected chi connectivity index (χ4v) is 1.18. The molecule has 1 rings (SSSR count). The molecule has 0 aliphatic heterocycles. The summed E-state index contributed by atoms with van der Waals surface area (Å²) < 4.78 is -1.42. The van der Waals surface area contributed by atoms with Crippen molar-refractivity contribution in [2.24, 2.45) is 0 Å². The third-order valence-electron chi connectivity index (χ3n) is 1.52. The van der Waals surface area contributed by atoms with Crippen LogP contribution in [0.3, 0.4) is 0 Å². The topological polar surface area (TPSA) is 20.2 Å². The van der Waals surface area contributed by atoms with Gasteiger partial charge in [0.05, 0.1) is 0 Å². The second-order valence-electron chi connectivity index (χ2n) is 2.50. The van der Waals surface area contributed by atoms with E-state index in [0.717, 1.165) is 0 Å². The van der Waals surface area contributed by atoms with Crippen molar-refractivity contribution >= 4 is 34.8 Å². The molecule has 0 atom stereocenters. The van der Waals surface area contributed by atoms with Crippen molar-refractivity contribution in [2.75, 3.05) is 0 Å². The fraction of sp³-hybridized carbons (Fsp3) is 0.250. The molecule has 0 amide bonds. The zero-order valence-electron chi connectivity index (χ0n) is 6.31. The third-order valence-corrected chi connectivity index (χ3v) is 2.18. The lowest BCUT2D eigenvalue weighted by atomic mass is 10.1. The van der Waals surface area contributed by atoms with Crippen LogP contribution >= 0.6 is 34.8 Å². The first kappa shape index (κ1) is 9.97. The number of phenolic OH excluding ortho intramolecular Hbond substituents is 1. The SMILES string of the molecule is Cc1cc(C(Cl)(Cl)Cl)ccc1O. The van der Waals surface area contributed by atoms with Gasteiger partial charge in [-0.1, -0.05) is 40.9 Å². The van der Waals surface area contributed by atoms with Gasteiger partial charge < -0.3 is 5.11 Å². The molecule has 1 nitrogen and oxygen atoms in total. The molecule has 1 aromatic rings. The highest BCUT2D eigenvalue weighted by Crippen LogP contribution is 2.39. The number of phenols is 1. The van der Waals surface area contributed by atoms with Gasteiger partial charge in [-0.15, -0.1) is 0 Å². The largest absolute Gasteiger partial charge is 0.508 e. The van der Waals surface area contributed by atoms with E-state index < -0.39 is 3.79 Å². The lowest BCUT2D eigenvalue weighted by Crippen LogP contribution is -1.99. The van der Waals surface area contributed by atoms with Crippen molar-refractivity contribution in [1.82, 2.24) is 0 Å². The highest BCUT2D eigenvalue weighted by Gasteiger charge is 2.22. The number of hydrogen-bond acceptors (Lipinski definition) is 1. The summed E-state index contributed by atoms with van der Waals surface area (Å²) in [5, 5.41) is 9.18. The summed E-state index contributed by atoms with van der Waals surface area (Å²) in [6, 6.07) is 4.73. The number of aryl methyl sites for hydroxylation is 1. The highest BCUT2D eigenvalue weighted by molar-refractivity contribution is 6.66. The molecule has 0 aliphatic carbocycles. The molecule has 1 aromatic carbocycles. The van der Waals surface area contributed by atoms with Crippen molar-refractivity contribution in [3.63, 3.8) is 0 Å². The molecule has 0 aliphatic rings. The number of rotatable bonds is 0. The van der Waals surface area contributed by atoms with Crippen LogP contribution in [0.1, 0.15) is 11.1 Å². The predicted molar refractivity (Wildman–Crippen MR) is 52.1 cm³/mol. The Morgan fingerprint density at radius 1 is 1.25 bits per heavy atom. The number of alkyl halides is 3. The standard InChI is InChI=1S/C8H7Cl3O/c1-5-4-6(8(9,10)11)2-3-7(5)12/h2-4,12H,1H3. The van der Waals surface area contributed by atoms with Gasteiger partial charge in [0, 0.05) is 5.56 Å². The van der Waals surface area contributed by atoms with E-state index in [1.165, 1.54) is 6.07 Å². The second kappa shape index (κ2) is 3.33. The molecule has 0 bridgehead atoms. The molecule has 12 heavy (non-hydrogen) atoms. The van der Waals surface area contributed by atoms with Gasteiger partial charge in [-0.2, -0.15) is 0 Å². The Labute approximate surface area is 85.9 Å². The Bertz CT molecular complexity index is 291. The van der Waals surface area contributed by atoms with E-state index in [2.05, 4.69) is 0 Å². The van der Waals surface area contributed by atoms with Gasteiger partial charge in [0.15, 0.2) is 0 Å².